The summed E-state index contributed by atoms with van der Waals surface area (Å²) in [4.78, 5) is 28.5. The van der Waals surface area contributed by atoms with Crippen LogP contribution in [0.2, 0.25) is 10.0 Å². The number of carbonyl (C=O) groups is 1. The number of morpholine rings is 1. The molecule has 1 aliphatic heterocycles. The number of halogens is 2. The van der Waals surface area contributed by atoms with E-state index < -0.39 is 5.91 Å². The molecule has 4 rings (SSSR count). The van der Waals surface area contributed by atoms with Crippen molar-refractivity contribution in [3.05, 3.63) is 63.4 Å². The van der Waals surface area contributed by atoms with Gasteiger partial charge in [-0.3, -0.25) is 4.79 Å². The number of pyridine rings is 1. The zero-order valence-corrected chi connectivity index (χ0v) is 21.2. The summed E-state index contributed by atoms with van der Waals surface area (Å²) in [6.45, 7) is 5.58. The van der Waals surface area contributed by atoms with Crippen LogP contribution in [0.3, 0.4) is 0 Å². The fraction of sp³-hybridized carbons (Fsp3) is 0.333. The molecule has 12 heteroatoms. The Balaban J connectivity index is 1.46. The summed E-state index contributed by atoms with van der Waals surface area (Å²) in [6.07, 6.45) is 1.58. The number of carbonyl (C=O) groups excluding carboxylic acids is 1. The number of amides is 1. The molecule has 0 unspecified atom stereocenters. The summed E-state index contributed by atoms with van der Waals surface area (Å²) in [5.41, 5.74) is 2.31. The standard InChI is InChI=1S/C24H27Cl2N7O3/c1-15-10-21(32-24(29-15)33-5-8-36-9-6-33)31-20-13-17(2-3-28-20)30-23(35)22-18(25)11-16(12-19(22)26)14-27-4-7-34/h2-3,10-13,27,34H,4-9,14H2,1H3,(H2,28,29,30,31,32,35). The highest BCUT2D eigenvalue weighted by atomic mass is 35.5. The molecule has 1 fully saturated rings. The number of nitrogens with zero attached hydrogens (tertiary/aromatic N) is 4. The molecule has 2 aromatic heterocycles. The van der Waals surface area contributed by atoms with Crippen LogP contribution in [-0.4, -0.2) is 65.4 Å². The number of anilines is 4. The van der Waals surface area contributed by atoms with Crippen LogP contribution in [0.5, 0.6) is 0 Å². The lowest BCUT2D eigenvalue weighted by atomic mass is 10.1. The van der Waals surface area contributed by atoms with Gasteiger partial charge in [0, 0.05) is 55.9 Å². The summed E-state index contributed by atoms with van der Waals surface area (Å²) < 4.78 is 5.41. The predicted octanol–water partition coefficient (Wildman–Crippen LogP) is 3.40. The molecule has 190 valence electrons. The Morgan fingerprint density at radius 3 is 2.58 bits per heavy atom. The van der Waals surface area contributed by atoms with Gasteiger partial charge >= 0.3 is 0 Å². The predicted molar refractivity (Wildman–Crippen MR) is 141 cm³/mol. The lowest BCUT2D eigenvalue weighted by molar-refractivity contribution is 0.102. The van der Waals surface area contributed by atoms with Gasteiger partial charge in [-0.05, 0) is 30.7 Å². The van der Waals surface area contributed by atoms with Gasteiger partial charge in [-0.25, -0.2) is 9.97 Å². The number of hydrogen-bond donors (Lipinski definition) is 4. The molecule has 0 atom stereocenters. The van der Waals surface area contributed by atoms with Gasteiger partial charge in [0.1, 0.15) is 11.6 Å². The first-order chi connectivity index (χ1) is 17.4. The number of hydrogen-bond acceptors (Lipinski definition) is 9. The number of ether oxygens (including phenoxy) is 1. The van der Waals surface area contributed by atoms with Crippen LogP contribution >= 0.6 is 23.2 Å². The number of aliphatic hydroxyl groups excluding tert-OH is 1. The van der Waals surface area contributed by atoms with Crippen molar-refractivity contribution in [1.29, 1.82) is 0 Å². The van der Waals surface area contributed by atoms with Gasteiger partial charge in [0.05, 0.1) is 35.4 Å². The Labute approximate surface area is 219 Å². The summed E-state index contributed by atoms with van der Waals surface area (Å²) >= 11 is 12.7. The maximum absolute atomic E-state index is 13.0. The van der Waals surface area contributed by atoms with Crippen molar-refractivity contribution in [2.45, 2.75) is 13.5 Å². The monoisotopic (exact) mass is 531 g/mol. The van der Waals surface area contributed by atoms with Crippen LogP contribution in [0.15, 0.2) is 36.5 Å². The van der Waals surface area contributed by atoms with Gasteiger partial charge in [-0.15, -0.1) is 0 Å². The maximum Gasteiger partial charge on any atom is 0.258 e. The number of aromatic nitrogens is 3. The van der Waals surface area contributed by atoms with Crippen LogP contribution in [-0.2, 0) is 11.3 Å². The van der Waals surface area contributed by atoms with Crippen molar-refractivity contribution < 1.29 is 14.6 Å². The van der Waals surface area contributed by atoms with Crippen LogP contribution < -0.4 is 20.9 Å². The van der Waals surface area contributed by atoms with Crippen molar-refractivity contribution >= 4 is 52.4 Å². The van der Waals surface area contributed by atoms with Crippen LogP contribution in [0.1, 0.15) is 21.6 Å². The van der Waals surface area contributed by atoms with Gasteiger partial charge in [0.15, 0.2) is 0 Å². The first-order valence-corrected chi connectivity index (χ1v) is 12.2. The van der Waals surface area contributed by atoms with Crippen molar-refractivity contribution in [3.63, 3.8) is 0 Å². The van der Waals surface area contributed by atoms with Gasteiger partial charge in [-0.2, -0.15) is 4.98 Å². The quantitative estimate of drug-likeness (QED) is 0.307. The molecular weight excluding hydrogens is 505 g/mol. The van der Waals surface area contributed by atoms with Crippen molar-refractivity contribution in [2.75, 3.05) is 55.0 Å². The molecule has 36 heavy (non-hydrogen) atoms. The molecule has 10 nitrogen and oxygen atoms in total. The first-order valence-electron chi connectivity index (χ1n) is 11.5. The molecule has 0 bridgehead atoms. The van der Waals surface area contributed by atoms with Crippen LogP contribution in [0, 0.1) is 6.92 Å². The van der Waals surface area contributed by atoms with Crippen molar-refractivity contribution in [2.24, 2.45) is 0 Å². The van der Waals surface area contributed by atoms with E-state index in [2.05, 4.69) is 35.8 Å². The van der Waals surface area contributed by atoms with Crippen LogP contribution in [0.25, 0.3) is 0 Å². The van der Waals surface area contributed by atoms with E-state index in [1.807, 2.05) is 13.0 Å². The minimum Gasteiger partial charge on any atom is -0.395 e. The second kappa shape index (κ2) is 12.3. The molecule has 0 aliphatic carbocycles. The Bertz CT molecular complexity index is 1200. The van der Waals surface area contributed by atoms with E-state index in [1.54, 1.807) is 30.5 Å². The minimum atomic E-state index is -0.440. The Kier molecular flexibility index (Phi) is 8.89. The third kappa shape index (κ3) is 6.80. The lowest BCUT2D eigenvalue weighted by Gasteiger charge is -2.27. The topological polar surface area (TPSA) is 125 Å². The molecule has 1 aromatic carbocycles. The summed E-state index contributed by atoms with van der Waals surface area (Å²) in [5, 5.41) is 18.4. The Morgan fingerprint density at radius 2 is 1.86 bits per heavy atom. The SMILES string of the molecule is Cc1cc(Nc2cc(NC(=O)c3c(Cl)cc(CNCCO)cc3Cl)ccn2)nc(N2CCOCC2)n1. The van der Waals surface area contributed by atoms with Crippen molar-refractivity contribution in [3.8, 4) is 0 Å². The van der Waals surface area contributed by atoms with Crippen LogP contribution in [0.4, 0.5) is 23.3 Å². The molecule has 0 saturated carbocycles. The third-order valence-electron chi connectivity index (χ3n) is 5.36. The number of benzene rings is 1. The Hall–Kier alpha value is -3.02. The zero-order valence-electron chi connectivity index (χ0n) is 19.7. The first kappa shape index (κ1) is 26.1. The molecular formula is C24H27Cl2N7O3. The van der Waals surface area contributed by atoms with E-state index in [-0.39, 0.29) is 22.2 Å². The third-order valence-corrected chi connectivity index (χ3v) is 5.95. The van der Waals surface area contributed by atoms with Gasteiger partial charge in [0.2, 0.25) is 5.95 Å². The highest BCUT2D eigenvalue weighted by Gasteiger charge is 2.18. The normalized spacial score (nSPS) is 13.5. The number of aryl methyl sites for hydroxylation is 1. The maximum atomic E-state index is 13.0. The van der Waals surface area contributed by atoms with Gasteiger partial charge in [0.25, 0.3) is 5.91 Å². The highest BCUT2D eigenvalue weighted by Crippen LogP contribution is 2.28. The van der Waals surface area contributed by atoms with E-state index >= 15 is 0 Å². The molecule has 1 aliphatic rings. The molecule has 1 saturated heterocycles. The Morgan fingerprint density at radius 1 is 1.11 bits per heavy atom. The largest absolute Gasteiger partial charge is 0.395 e. The second-order valence-corrected chi connectivity index (χ2v) is 8.95. The summed E-state index contributed by atoms with van der Waals surface area (Å²) in [6, 6.07) is 8.54. The summed E-state index contributed by atoms with van der Waals surface area (Å²) in [5.74, 6) is 1.28. The van der Waals surface area contributed by atoms with E-state index in [4.69, 9.17) is 33.0 Å². The number of aliphatic hydroxyl groups is 1. The molecule has 3 aromatic rings. The van der Waals surface area contributed by atoms with E-state index in [1.165, 1.54) is 0 Å². The molecule has 4 N–H and O–H groups in total. The molecule has 1 amide bonds. The average molecular weight is 532 g/mol. The van der Waals surface area contributed by atoms with E-state index in [0.717, 1.165) is 24.3 Å². The zero-order chi connectivity index (χ0) is 25.5. The fourth-order valence-corrected chi connectivity index (χ4v) is 4.38. The number of rotatable bonds is 9. The van der Waals surface area contributed by atoms with E-state index in [9.17, 15) is 4.79 Å². The fourth-order valence-electron chi connectivity index (χ4n) is 3.68. The smallest absolute Gasteiger partial charge is 0.258 e. The summed E-state index contributed by atoms with van der Waals surface area (Å²) in [7, 11) is 0. The molecule has 0 spiro atoms. The number of nitrogens with one attached hydrogen (secondary N) is 3. The average Bonchev–Trinajstić information content (AvgIpc) is 2.84. The lowest BCUT2D eigenvalue weighted by Crippen LogP contribution is -2.37. The van der Waals surface area contributed by atoms with Gasteiger partial charge in [-0.1, -0.05) is 23.2 Å². The van der Waals surface area contributed by atoms with Gasteiger partial charge < -0.3 is 30.7 Å². The minimum absolute atomic E-state index is 0.0244. The van der Waals surface area contributed by atoms with Crippen molar-refractivity contribution in [1.82, 2.24) is 20.3 Å². The second-order valence-electron chi connectivity index (χ2n) is 8.14. The molecule has 3 heterocycles. The molecule has 0 radical (unpaired) electrons. The highest BCUT2D eigenvalue weighted by molar-refractivity contribution is 6.40. The van der Waals surface area contributed by atoms with E-state index in [0.29, 0.717) is 49.6 Å².